The summed E-state index contributed by atoms with van der Waals surface area (Å²) in [6.45, 7) is 1.93. The van der Waals surface area contributed by atoms with Crippen molar-refractivity contribution in [3.63, 3.8) is 0 Å². The van der Waals surface area contributed by atoms with Gasteiger partial charge in [-0.1, -0.05) is 6.08 Å². The van der Waals surface area contributed by atoms with Gasteiger partial charge < -0.3 is 5.73 Å². The lowest BCUT2D eigenvalue weighted by Crippen LogP contribution is -1.93. The fourth-order valence-electron chi connectivity index (χ4n) is 1.14. The fourth-order valence-corrected chi connectivity index (χ4v) is 1.14. The highest BCUT2D eigenvalue weighted by Gasteiger charge is 2.04. The number of nitrogens with two attached hydrogens (primary N) is 1. The van der Waals surface area contributed by atoms with Gasteiger partial charge in [0.25, 0.3) is 0 Å². The Morgan fingerprint density at radius 2 is 2.23 bits per heavy atom. The zero-order valence-corrected chi connectivity index (χ0v) is 7.18. The molecule has 2 aromatic heterocycles. The highest BCUT2D eigenvalue weighted by molar-refractivity contribution is 5.82. The number of rotatable bonds is 1. The molecule has 0 atom stereocenters. The van der Waals surface area contributed by atoms with Crippen molar-refractivity contribution in [2.24, 2.45) is 0 Å². The molecule has 0 saturated carbocycles. The van der Waals surface area contributed by atoms with Gasteiger partial charge in [0, 0.05) is 6.20 Å². The second kappa shape index (κ2) is 2.85. The van der Waals surface area contributed by atoms with Crippen molar-refractivity contribution in [3.05, 3.63) is 18.7 Å². The van der Waals surface area contributed by atoms with Crippen molar-refractivity contribution in [2.45, 2.75) is 6.92 Å². The van der Waals surface area contributed by atoms with E-state index in [1.807, 2.05) is 19.2 Å². The molecule has 0 amide bonds. The molecular formula is C8H9N5. The third-order valence-electron chi connectivity index (χ3n) is 1.70. The van der Waals surface area contributed by atoms with E-state index in [1.54, 1.807) is 10.9 Å². The number of nitrogen functional groups attached to an aromatic ring is 1. The Balaban J connectivity index is 2.75. The van der Waals surface area contributed by atoms with Gasteiger partial charge in [-0.2, -0.15) is 0 Å². The Bertz CT molecular complexity index is 457. The van der Waals surface area contributed by atoms with Crippen LogP contribution in [0.2, 0.25) is 0 Å². The van der Waals surface area contributed by atoms with E-state index < -0.39 is 0 Å². The molecular weight excluding hydrogens is 166 g/mol. The van der Waals surface area contributed by atoms with Crippen molar-refractivity contribution in [2.75, 3.05) is 5.73 Å². The Morgan fingerprint density at radius 1 is 1.38 bits per heavy atom. The van der Waals surface area contributed by atoms with Crippen LogP contribution in [0.3, 0.4) is 0 Å². The van der Waals surface area contributed by atoms with E-state index in [1.165, 1.54) is 6.33 Å². The molecule has 13 heavy (non-hydrogen) atoms. The first-order chi connectivity index (χ1) is 6.33. The quantitative estimate of drug-likeness (QED) is 0.699. The lowest BCUT2D eigenvalue weighted by Gasteiger charge is -1.94. The van der Waals surface area contributed by atoms with Crippen LogP contribution in [-0.2, 0) is 0 Å². The van der Waals surface area contributed by atoms with Crippen LogP contribution < -0.4 is 5.73 Å². The van der Waals surface area contributed by atoms with Gasteiger partial charge in [-0.05, 0) is 6.92 Å². The number of allylic oxidation sites excluding steroid dienone is 1. The summed E-state index contributed by atoms with van der Waals surface area (Å²) in [4.78, 5) is 12.0. The number of imidazole rings is 1. The molecule has 5 nitrogen and oxygen atoms in total. The molecule has 0 radical (unpaired) electrons. The van der Waals surface area contributed by atoms with Crippen LogP contribution in [0.25, 0.3) is 17.4 Å². The van der Waals surface area contributed by atoms with Crippen molar-refractivity contribution >= 4 is 23.2 Å². The molecule has 66 valence electrons. The number of anilines is 1. The summed E-state index contributed by atoms with van der Waals surface area (Å²) in [7, 11) is 0. The zero-order chi connectivity index (χ0) is 9.26. The summed E-state index contributed by atoms with van der Waals surface area (Å²) in [6.07, 6.45) is 6.86. The zero-order valence-electron chi connectivity index (χ0n) is 7.18. The lowest BCUT2D eigenvalue weighted by molar-refractivity contribution is 1.12. The molecule has 2 N–H and O–H groups in total. The number of fused-ring (bicyclic) bond motifs is 1. The number of nitrogens with zero attached hydrogens (tertiary/aromatic N) is 4. The predicted octanol–water partition coefficient (Wildman–Crippen LogP) is 0.899. The van der Waals surface area contributed by atoms with Crippen LogP contribution in [0.5, 0.6) is 0 Å². The minimum Gasteiger partial charge on any atom is -0.382 e. The van der Waals surface area contributed by atoms with Crippen molar-refractivity contribution < 1.29 is 0 Å². The van der Waals surface area contributed by atoms with Gasteiger partial charge in [0.15, 0.2) is 17.0 Å². The second-order valence-corrected chi connectivity index (χ2v) is 2.57. The van der Waals surface area contributed by atoms with Crippen LogP contribution >= 0.6 is 0 Å². The van der Waals surface area contributed by atoms with Crippen molar-refractivity contribution in [3.8, 4) is 0 Å². The maximum absolute atomic E-state index is 5.61. The lowest BCUT2D eigenvalue weighted by atomic mass is 10.5. The average molecular weight is 175 g/mol. The monoisotopic (exact) mass is 175 g/mol. The van der Waals surface area contributed by atoms with Crippen molar-refractivity contribution in [1.82, 2.24) is 19.5 Å². The van der Waals surface area contributed by atoms with E-state index in [0.717, 1.165) is 5.65 Å². The van der Waals surface area contributed by atoms with E-state index in [0.29, 0.717) is 11.3 Å². The Morgan fingerprint density at radius 3 is 3.00 bits per heavy atom. The molecule has 0 fully saturated rings. The number of aromatic nitrogens is 4. The molecule has 0 aliphatic heterocycles. The Kier molecular flexibility index (Phi) is 1.70. The molecule has 0 spiro atoms. The number of hydrogen-bond donors (Lipinski definition) is 1. The number of hydrogen-bond acceptors (Lipinski definition) is 4. The first-order valence-corrected chi connectivity index (χ1v) is 3.88. The molecule has 5 heteroatoms. The van der Waals surface area contributed by atoms with E-state index in [4.69, 9.17) is 5.73 Å². The SMILES string of the molecule is C/C=C\n1cnc2c(N)ncnc21. The Labute approximate surface area is 74.9 Å². The van der Waals surface area contributed by atoms with E-state index in [-0.39, 0.29) is 0 Å². The van der Waals surface area contributed by atoms with E-state index in [2.05, 4.69) is 15.0 Å². The van der Waals surface area contributed by atoms with Crippen molar-refractivity contribution in [1.29, 1.82) is 0 Å². The molecule has 0 bridgehead atoms. The molecule has 0 aliphatic rings. The van der Waals surface area contributed by atoms with Gasteiger partial charge >= 0.3 is 0 Å². The highest BCUT2D eigenvalue weighted by atomic mass is 15.1. The molecule has 2 heterocycles. The fraction of sp³-hybridized carbons (Fsp3) is 0.125. The minimum absolute atomic E-state index is 0.410. The summed E-state index contributed by atoms with van der Waals surface area (Å²) in [5.74, 6) is 0.410. The van der Waals surface area contributed by atoms with Gasteiger partial charge in [-0.15, -0.1) is 0 Å². The third kappa shape index (κ3) is 1.14. The second-order valence-electron chi connectivity index (χ2n) is 2.57. The molecule has 0 unspecified atom stereocenters. The normalized spacial score (nSPS) is 11.5. The third-order valence-corrected chi connectivity index (χ3v) is 1.70. The van der Waals surface area contributed by atoms with Crippen LogP contribution in [0.15, 0.2) is 18.7 Å². The largest absolute Gasteiger partial charge is 0.382 e. The van der Waals surface area contributed by atoms with Gasteiger partial charge in [0.05, 0.1) is 0 Å². The molecule has 0 aromatic carbocycles. The predicted molar refractivity (Wildman–Crippen MR) is 50.7 cm³/mol. The average Bonchev–Trinajstić information content (AvgIpc) is 2.51. The minimum atomic E-state index is 0.410. The maximum Gasteiger partial charge on any atom is 0.169 e. The molecule has 0 aliphatic carbocycles. The summed E-state index contributed by atoms with van der Waals surface area (Å²) < 4.78 is 1.80. The van der Waals surface area contributed by atoms with Crippen LogP contribution in [-0.4, -0.2) is 19.5 Å². The standard InChI is InChI=1S/C8H9N5/c1-2-3-13-5-12-6-7(9)10-4-11-8(6)13/h2-5H,1H3,(H2,9,10,11)/b3-2-. The summed E-state index contributed by atoms with van der Waals surface area (Å²) >= 11 is 0. The van der Waals surface area contributed by atoms with Crippen LogP contribution in [0.1, 0.15) is 6.92 Å². The molecule has 2 rings (SSSR count). The topological polar surface area (TPSA) is 69.6 Å². The molecule has 2 aromatic rings. The molecule has 0 saturated heterocycles. The van der Waals surface area contributed by atoms with E-state index >= 15 is 0 Å². The van der Waals surface area contributed by atoms with Gasteiger partial charge in [0.1, 0.15) is 12.7 Å². The smallest absolute Gasteiger partial charge is 0.169 e. The van der Waals surface area contributed by atoms with Gasteiger partial charge in [-0.3, -0.25) is 4.57 Å². The summed E-state index contributed by atoms with van der Waals surface area (Å²) in [6, 6.07) is 0. The van der Waals surface area contributed by atoms with E-state index in [9.17, 15) is 0 Å². The summed E-state index contributed by atoms with van der Waals surface area (Å²) in [5.41, 5.74) is 6.98. The maximum atomic E-state index is 5.61. The Hall–Kier alpha value is -1.91. The van der Waals surface area contributed by atoms with Gasteiger partial charge in [0.2, 0.25) is 0 Å². The highest BCUT2D eigenvalue weighted by Crippen LogP contribution is 2.13. The first kappa shape index (κ1) is 7.72. The first-order valence-electron chi connectivity index (χ1n) is 3.88. The van der Waals surface area contributed by atoms with Crippen LogP contribution in [0, 0.1) is 0 Å². The summed E-state index contributed by atoms with van der Waals surface area (Å²) in [5, 5.41) is 0. The van der Waals surface area contributed by atoms with Gasteiger partial charge in [-0.25, -0.2) is 15.0 Å². The van der Waals surface area contributed by atoms with Crippen LogP contribution in [0.4, 0.5) is 5.82 Å².